The average Bonchev–Trinajstić information content (AvgIpc) is 2.28. The van der Waals surface area contributed by atoms with Crippen LogP contribution in [0, 0.1) is 5.92 Å². The van der Waals surface area contributed by atoms with Crippen molar-refractivity contribution < 1.29 is 13.2 Å². The number of nitrogens with one attached hydrogen (secondary N) is 1. The molecule has 0 spiro atoms. The third kappa shape index (κ3) is 2.63. The van der Waals surface area contributed by atoms with Gasteiger partial charge in [0.05, 0.1) is 5.56 Å². The highest BCUT2D eigenvalue weighted by Gasteiger charge is 2.36. The molecule has 2 atom stereocenters. The Morgan fingerprint density at radius 3 is 2.59 bits per heavy atom. The Hall–Kier alpha value is -1.03. The van der Waals surface area contributed by atoms with Crippen LogP contribution in [-0.2, 0) is 6.18 Å². The van der Waals surface area contributed by atoms with Crippen LogP contribution in [0.4, 0.5) is 13.2 Å². The summed E-state index contributed by atoms with van der Waals surface area (Å²) in [5, 5.41) is 3.18. The van der Waals surface area contributed by atoms with Crippen LogP contribution in [0.2, 0.25) is 0 Å². The molecule has 1 heterocycles. The van der Waals surface area contributed by atoms with Crippen LogP contribution in [0.5, 0.6) is 0 Å². The first-order valence-electron chi connectivity index (χ1n) is 5.87. The van der Waals surface area contributed by atoms with Crippen LogP contribution in [-0.4, -0.2) is 13.1 Å². The zero-order valence-corrected chi connectivity index (χ0v) is 9.72. The van der Waals surface area contributed by atoms with Gasteiger partial charge in [-0.25, -0.2) is 0 Å². The zero-order chi connectivity index (χ0) is 12.5. The molecule has 0 bridgehead atoms. The largest absolute Gasteiger partial charge is 0.416 e. The van der Waals surface area contributed by atoms with Crippen LogP contribution in [0.25, 0.3) is 0 Å². The molecule has 1 aromatic rings. The zero-order valence-electron chi connectivity index (χ0n) is 9.72. The van der Waals surface area contributed by atoms with Crippen LogP contribution in [0.15, 0.2) is 24.3 Å². The third-order valence-electron chi connectivity index (χ3n) is 3.49. The summed E-state index contributed by atoms with van der Waals surface area (Å²) in [6.45, 7) is 3.55. The lowest BCUT2D eigenvalue weighted by Gasteiger charge is -2.31. The summed E-state index contributed by atoms with van der Waals surface area (Å²) < 4.78 is 38.7. The van der Waals surface area contributed by atoms with Gasteiger partial charge in [0, 0.05) is 6.54 Å². The normalized spacial score (nSPS) is 25.9. The molecule has 1 aromatic carbocycles. The first kappa shape index (κ1) is 12.4. The molecule has 1 fully saturated rings. The minimum atomic E-state index is -4.26. The van der Waals surface area contributed by atoms with Crippen molar-refractivity contribution in [2.75, 3.05) is 13.1 Å². The number of hydrogen-bond donors (Lipinski definition) is 1. The molecule has 0 radical (unpaired) electrons. The van der Waals surface area contributed by atoms with Gasteiger partial charge in [0.1, 0.15) is 0 Å². The fourth-order valence-corrected chi connectivity index (χ4v) is 2.48. The van der Waals surface area contributed by atoms with Crippen molar-refractivity contribution in [2.24, 2.45) is 5.92 Å². The van der Waals surface area contributed by atoms with E-state index in [9.17, 15) is 13.2 Å². The van der Waals surface area contributed by atoms with E-state index in [1.165, 1.54) is 12.1 Å². The highest BCUT2D eigenvalue weighted by Crippen LogP contribution is 2.38. The molecule has 1 aliphatic heterocycles. The quantitative estimate of drug-likeness (QED) is 0.797. The Bertz CT molecular complexity index is 386. The number of halogens is 3. The molecule has 2 rings (SSSR count). The number of alkyl halides is 3. The molecule has 0 aromatic heterocycles. The van der Waals surface area contributed by atoms with Crippen molar-refractivity contribution in [3.05, 3.63) is 35.4 Å². The summed E-state index contributed by atoms with van der Waals surface area (Å²) in [5.41, 5.74) is -0.0553. The maximum atomic E-state index is 12.9. The van der Waals surface area contributed by atoms with Gasteiger partial charge in [-0.15, -0.1) is 0 Å². The number of hydrogen-bond acceptors (Lipinski definition) is 1. The Morgan fingerprint density at radius 2 is 1.94 bits per heavy atom. The maximum absolute atomic E-state index is 12.9. The highest BCUT2D eigenvalue weighted by molar-refractivity contribution is 5.33. The van der Waals surface area contributed by atoms with Crippen molar-refractivity contribution in [1.82, 2.24) is 5.32 Å². The van der Waals surface area contributed by atoms with Gasteiger partial charge in [-0.1, -0.05) is 25.1 Å². The van der Waals surface area contributed by atoms with Crippen LogP contribution < -0.4 is 5.32 Å². The number of benzene rings is 1. The molecule has 1 N–H and O–H groups in total. The number of rotatable bonds is 1. The Morgan fingerprint density at radius 1 is 1.24 bits per heavy atom. The molecule has 17 heavy (non-hydrogen) atoms. The van der Waals surface area contributed by atoms with Crippen molar-refractivity contribution in [2.45, 2.75) is 25.4 Å². The van der Waals surface area contributed by atoms with Gasteiger partial charge in [-0.05, 0) is 36.4 Å². The highest BCUT2D eigenvalue weighted by atomic mass is 19.4. The summed E-state index contributed by atoms with van der Waals surface area (Å²) >= 11 is 0. The van der Waals surface area contributed by atoms with E-state index in [1.807, 2.05) is 6.92 Å². The minimum Gasteiger partial charge on any atom is -0.316 e. The summed E-state index contributed by atoms with van der Waals surface area (Å²) in [6.07, 6.45) is -3.33. The fourth-order valence-electron chi connectivity index (χ4n) is 2.48. The van der Waals surface area contributed by atoms with Crippen LogP contribution in [0.3, 0.4) is 0 Å². The van der Waals surface area contributed by atoms with Gasteiger partial charge in [0.2, 0.25) is 0 Å². The standard InChI is InChI=1S/C13H16F3N/c1-9-6-7-17-8-11(9)10-4-2-3-5-12(10)13(14,15)16/h2-5,9,11,17H,6-8H2,1H3. The predicted molar refractivity (Wildman–Crippen MR) is 60.8 cm³/mol. The van der Waals surface area contributed by atoms with Crippen molar-refractivity contribution in [3.63, 3.8) is 0 Å². The van der Waals surface area contributed by atoms with Gasteiger partial charge >= 0.3 is 6.18 Å². The van der Waals surface area contributed by atoms with E-state index in [0.717, 1.165) is 13.0 Å². The van der Waals surface area contributed by atoms with Crippen molar-refractivity contribution >= 4 is 0 Å². The van der Waals surface area contributed by atoms with E-state index in [2.05, 4.69) is 5.32 Å². The second kappa shape index (κ2) is 4.69. The molecular formula is C13H16F3N. The third-order valence-corrected chi connectivity index (χ3v) is 3.49. The van der Waals surface area contributed by atoms with E-state index in [4.69, 9.17) is 0 Å². The van der Waals surface area contributed by atoms with Crippen LogP contribution in [0.1, 0.15) is 30.4 Å². The fraction of sp³-hybridized carbons (Fsp3) is 0.538. The minimum absolute atomic E-state index is 0.0402. The summed E-state index contributed by atoms with van der Waals surface area (Å²) in [5.74, 6) is 0.251. The van der Waals surface area contributed by atoms with Gasteiger partial charge in [-0.2, -0.15) is 13.2 Å². The molecular weight excluding hydrogens is 227 g/mol. The molecule has 1 saturated heterocycles. The van der Waals surface area contributed by atoms with Crippen molar-refractivity contribution in [3.8, 4) is 0 Å². The lowest BCUT2D eigenvalue weighted by atomic mass is 9.81. The molecule has 0 aliphatic carbocycles. The first-order valence-corrected chi connectivity index (χ1v) is 5.87. The SMILES string of the molecule is CC1CCNCC1c1ccccc1C(F)(F)F. The lowest BCUT2D eigenvalue weighted by Crippen LogP contribution is -2.34. The maximum Gasteiger partial charge on any atom is 0.416 e. The lowest BCUT2D eigenvalue weighted by molar-refractivity contribution is -0.138. The molecule has 94 valence electrons. The van der Waals surface area contributed by atoms with E-state index >= 15 is 0 Å². The van der Waals surface area contributed by atoms with Gasteiger partial charge in [0.25, 0.3) is 0 Å². The summed E-state index contributed by atoms with van der Waals surface area (Å²) in [7, 11) is 0. The van der Waals surface area contributed by atoms with Gasteiger partial charge in [-0.3, -0.25) is 0 Å². The molecule has 0 saturated carbocycles. The van der Waals surface area contributed by atoms with E-state index in [1.54, 1.807) is 12.1 Å². The monoisotopic (exact) mass is 243 g/mol. The molecule has 4 heteroatoms. The second-order valence-corrected chi connectivity index (χ2v) is 4.66. The van der Waals surface area contributed by atoms with E-state index < -0.39 is 11.7 Å². The van der Waals surface area contributed by atoms with E-state index in [0.29, 0.717) is 18.0 Å². The van der Waals surface area contributed by atoms with Gasteiger partial charge in [0.15, 0.2) is 0 Å². The second-order valence-electron chi connectivity index (χ2n) is 4.66. The molecule has 1 nitrogen and oxygen atoms in total. The smallest absolute Gasteiger partial charge is 0.316 e. The Kier molecular flexibility index (Phi) is 3.43. The topological polar surface area (TPSA) is 12.0 Å². The Balaban J connectivity index is 2.37. The Labute approximate surface area is 99.0 Å². The van der Waals surface area contributed by atoms with Crippen LogP contribution >= 0.6 is 0 Å². The average molecular weight is 243 g/mol. The van der Waals surface area contributed by atoms with E-state index in [-0.39, 0.29) is 5.92 Å². The first-order chi connectivity index (χ1) is 8.00. The molecule has 1 aliphatic rings. The predicted octanol–water partition coefficient (Wildman–Crippen LogP) is 3.42. The van der Waals surface area contributed by atoms with Gasteiger partial charge < -0.3 is 5.32 Å². The molecule has 0 amide bonds. The van der Waals surface area contributed by atoms with Crippen molar-refractivity contribution in [1.29, 1.82) is 0 Å². The summed E-state index contributed by atoms with van der Waals surface area (Å²) in [6, 6.07) is 5.92. The molecule has 2 unspecified atom stereocenters. The number of piperidine rings is 1. The summed E-state index contributed by atoms with van der Waals surface area (Å²) in [4.78, 5) is 0.